The highest BCUT2D eigenvalue weighted by atomic mass is 19.3. The predicted octanol–water partition coefficient (Wildman–Crippen LogP) is 3.97. The lowest BCUT2D eigenvalue weighted by Gasteiger charge is -2.35. The zero-order valence-electron chi connectivity index (χ0n) is 20.2. The first-order chi connectivity index (χ1) is 17.0. The Morgan fingerprint density at radius 3 is 2.31 bits per heavy atom. The molecule has 8 nitrogen and oxygen atoms in total. The number of ether oxygens (including phenoxy) is 3. The molecule has 190 valence electrons. The number of alkyl halides is 2. The van der Waals surface area contributed by atoms with Crippen LogP contribution in [-0.2, 0) is 25.6 Å². The molecule has 2 heterocycles. The molecule has 1 saturated heterocycles. The molecule has 1 aromatic heterocycles. The van der Waals surface area contributed by atoms with E-state index in [0.29, 0.717) is 16.1 Å². The molecule has 2 aromatic carbocycles. The van der Waals surface area contributed by atoms with Crippen molar-refractivity contribution < 1.29 is 37.3 Å². The van der Waals surface area contributed by atoms with Crippen LogP contribution in [0.15, 0.2) is 54.6 Å². The van der Waals surface area contributed by atoms with Crippen LogP contribution in [0.25, 0.3) is 0 Å². The summed E-state index contributed by atoms with van der Waals surface area (Å²) in [5.74, 6) is -6.13. The van der Waals surface area contributed by atoms with Crippen LogP contribution in [0.1, 0.15) is 48.1 Å². The van der Waals surface area contributed by atoms with Crippen LogP contribution in [-0.4, -0.2) is 28.9 Å². The van der Waals surface area contributed by atoms with Crippen LogP contribution < -0.4 is 9.47 Å². The number of carbonyl (C=O) groups excluding carboxylic acids is 2. The van der Waals surface area contributed by atoms with Crippen LogP contribution in [0, 0.1) is 25.0 Å². The van der Waals surface area contributed by atoms with Gasteiger partial charge in [0.25, 0.3) is 11.6 Å². The number of halogens is 2. The van der Waals surface area contributed by atoms with Crippen molar-refractivity contribution in [1.29, 1.82) is 0 Å². The summed E-state index contributed by atoms with van der Waals surface area (Å²) in [6.45, 7) is 3.41. The first-order valence-corrected chi connectivity index (χ1v) is 11.3. The molecule has 0 saturated carbocycles. The molecule has 1 fully saturated rings. The van der Waals surface area contributed by atoms with E-state index in [4.69, 9.17) is 9.47 Å². The van der Waals surface area contributed by atoms with Gasteiger partial charge in [0.05, 0.1) is 0 Å². The Morgan fingerprint density at radius 2 is 1.69 bits per heavy atom. The minimum atomic E-state index is -3.08. The molecule has 0 radical (unpaired) electrons. The molecular formula is C26H26F2N2O6. The predicted molar refractivity (Wildman–Crippen MR) is 123 cm³/mol. The second kappa shape index (κ2) is 9.60. The number of carbonyl (C=O) groups is 2. The quantitative estimate of drug-likeness (QED) is 0.211. The summed E-state index contributed by atoms with van der Waals surface area (Å²) >= 11 is 0. The van der Waals surface area contributed by atoms with Crippen LogP contribution >= 0.6 is 0 Å². The molecule has 1 atom stereocenters. The van der Waals surface area contributed by atoms with Crippen LogP contribution in [0.2, 0.25) is 0 Å². The van der Waals surface area contributed by atoms with E-state index in [1.54, 1.807) is 18.4 Å². The highest BCUT2D eigenvalue weighted by Crippen LogP contribution is 2.39. The van der Waals surface area contributed by atoms with Gasteiger partial charge in [-0.2, -0.15) is 8.78 Å². The minimum absolute atomic E-state index is 0.0710. The summed E-state index contributed by atoms with van der Waals surface area (Å²) in [5.41, 5.74) is 2.10. The summed E-state index contributed by atoms with van der Waals surface area (Å²) in [5, 5.41) is 13.5. The van der Waals surface area contributed by atoms with Crippen molar-refractivity contribution in [3.05, 3.63) is 88.1 Å². The van der Waals surface area contributed by atoms with Gasteiger partial charge in [-0.1, -0.05) is 42.5 Å². The van der Waals surface area contributed by atoms with Gasteiger partial charge in [-0.3, -0.25) is 9.59 Å². The molecule has 0 unspecified atom stereocenters. The fraction of sp³-hybridized carbons (Fsp3) is 0.346. The molecule has 0 amide bonds. The maximum absolute atomic E-state index is 13.5. The Balaban J connectivity index is 1.93. The fourth-order valence-electron chi connectivity index (χ4n) is 4.43. The van der Waals surface area contributed by atoms with Gasteiger partial charge in [-0.05, 0) is 23.3 Å². The van der Waals surface area contributed by atoms with E-state index in [2.05, 4.69) is 4.74 Å². The molecule has 0 spiro atoms. The summed E-state index contributed by atoms with van der Waals surface area (Å²) in [6, 6.07) is 14.9. The smallest absolute Gasteiger partial charge is 0.387 e. The summed E-state index contributed by atoms with van der Waals surface area (Å²) in [7, 11) is 0. The Morgan fingerprint density at radius 1 is 1.06 bits per heavy atom. The van der Waals surface area contributed by atoms with Crippen molar-refractivity contribution in [1.82, 2.24) is 4.57 Å². The van der Waals surface area contributed by atoms with Crippen molar-refractivity contribution in [2.24, 2.45) is 5.92 Å². The monoisotopic (exact) mass is 500 g/mol. The number of cyclic esters (lactones) is 2. The van der Waals surface area contributed by atoms with E-state index >= 15 is 0 Å². The molecule has 0 bridgehead atoms. The van der Waals surface area contributed by atoms with Crippen molar-refractivity contribution in [3.8, 4) is 5.75 Å². The fourth-order valence-corrected chi connectivity index (χ4v) is 4.43. The van der Waals surface area contributed by atoms with Crippen molar-refractivity contribution in [2.45, 2.75) is 52.6 Å². The number of nitrogens with zero attached hydrogens (tertiary/aromatic N) is 2. The lowest BCUT2D eigenvalue weighted by atomic mass is 9.84. The van der Waals surface area contributed by atoms with Gasteiger partial charge in [0.1, 0.15) is 29.6 Å². The molecule has 1 aliphatic heterocycles. The maximum atomic E-state index is 13.5. The van der Waals surface area contributed by atoms with Crippen LogP contribution in [0.5, 0.6) is 5.75 Å². The maximum Gasteiger partial charge on any atom is 0.387 e. The van der Waals surface area contributed by atoms with Gasteiger partial charge in [-0.15, -0.1) is 0 Å². The normalized spacial score (nSPS) is 16.5. The number of hydrogen-bond acceptors (Lipinski definition) is 6. The SMILES string of the molecule is Cc1c(C)[n+]([O-])c([C@H](c2cccc(OC(F)F)c2)C2C(=O)OC(C)(C)OC2=O)n1Cc1ccccc1. The first kappa shape index (κ1) is 25.2. The highest BCUT2D eigenvalue weighted by molar-refractivity contribution is 5.98. The van der Waals surface area contributed by atoms with E-state index in [0.717, 1.165) is 5.56 Å². The van der Waals surface area contributed by atoms with Gasteiger partial charge in [-0.25, -0.2) is 9.30 Å². The largest absolute Gasteiger partial charge is 0.711 e. The third-order valence-electron chi connectivity index (χ3n) is 6.16. The molecule has 4 rings (SSSR count). The van der Waals surface area contributed by atoms with Gasteiger partial charge in [0, 0.05) is 27.7 Å². The topological polar surface area (TPSA) is 93.7 Å². The van der Waals surface area contributed by atoms with Gasteiger partial charge >= 0.3 is 18.6 Å². The lowest BCUT2D eigenvalue weighted by Crippen LogP contribution is -2.50. The zero-order valence-corrected chi connectivity index (χ0v) is 20.2. The van der Waals surface area contributed by atoms with E-state index in [1.807, 2.05) is 30.3 Å². The van der Waals surface area contributed by atoms with E-state index in [1.165, 1.54) is 38.1 Å². The average molecular weight is 500 g/mol. The molecule has 1 aliphatic rings. The van der Waals surface area contributed by atoms with E-state index in [-0.39, 0.29) is 23.7 Å². The number of imidazole rings is 1. The number of esters is 2. The Hall–Kier alpha value is -3.95. The number of aromatic nitrogens is 2. The molecule has 36 heavy (non-hydrogen) atoms. The summed E-state index contributed by atoms with van der Waals surface area (Å²) in [4.78, 5) is 26.3. The van der Waals surface area contributed by atoms with E-state index in [9.17, 15) is 23.6 Å². The highest BCUT2D eigenvalue weighted by Gasteiger charge is 2.52. The van der Waals surface area contributed by atoms with Crippen LogP contribution in [0.4, 0.5) is 8.78 Å². The van der Waals surface area contributed by atoms with Crippen LogP contribution in [0.3, 0.4) is 0 Å². The van der Waals surface area contributed by atoms with Crippen molar-refractivity contribution in [3.63, 3.8) is 0 Å². The zero-order chi connectivity index (χ0) is 26.2. The Kier molecular flexibility index (Phi) is 6.71. The van der Waals surface area contributed by atoms with Crippen molar-refractivity contribution >= 4 is 11.9 Å². The second-order valence-electron chi connectivity index (χ2n) is 9.04. The van der Waals surface area contributed by atoms with Crippen molar-refractivity contribution in [2.75, 3.05) is 0 Å². The molecule has 3 aromatic rings. The average Bonchev–Trinajstić information content (AvgIpc) is 2.99. The number of benzene rings is 2. The summed E-state index contributed by atoms with van der Waals surface area (Å²) < 4.78 is 43.5. The van der Waals surface area contributed by atoms with Gasteiger partial charge in [0.2, 0.25) is 0 Å². The summed E-state index contributed by atoms with van der Waals surface area (Å²) in [6.07, 6.45) is 0. The van der Waals surface area contributed by atoms with Gasteiger partial charge in [0.15, 0.2) is 5.92 Å². The molecule has 0 aliphatic carbocycles. The first-order valence-electron chi connectivity index (χ1n) is 11.3. The number of rotatable bonds is 7. The third kappa shape index (κ3) is 4.89. The Labute approximate surface area is 206 Å². The molecule has 10 heteroatoms. The molecular weight excluding hydrogens is 474 g/mol. The van der Waals surface area contributed by atoms with E-state index < -0.39 is 36.2 Å². The van der Waals surface area contributed by atoms with Gasteiger partial charge < -0.3 is 19.4 Å². The Bertz CT molecular complexity index is 1270. The second-order valence-corrected chi connectivity index (χ2v) is 9.04. The number of hydrogen-bond donors (Lipinski definition) is 0. The standard InChI is InChI=1S/C26H26F2N2O6/c1-15-16(2)30(33)22(29(15)14-17-9-6-5-7-10-17)20(18-11-8-12-19(13-18)34-25(27)28)21-23(31)35-26(3,4)36-24(21)32/h5-13,20-21,25H,14H2,1-4H3/t20-/m1/s1. The lowest BCUT2D eigenvalue weighted by molar-refractivity contribution is -0.621. The minimum Gasteiger partial charge on any atom is -0.711 e. The molecule has 0 N–H and O–H groups in total. The third-order valence-corrected chi connectivity index (χ3v) is 6.16.